The zero-order valence-electron chi connectivity index (χ0n) is 14.8. The Hall–Kier alpha value is -2.21. The zero-order chi connectivity index (χ0) is 18.0. The topological polar surface area (TPSA) is 72.9 Å². The number of nitrogens with one attached hydrogen (secondary N) is 1. The second-order valence-corrected chi connectivity index (χ2v) is 6.87. The Kier molecular flexibility index (Phi) is 5.18. The van der Waals surface area contributed by atoms with Gasteiger partial charge in [-0.25, -0.2) is 9.07 Å². The van der Waals surface area contributed by atoms with E-state index in [9.17, 15) is 9.18 Å². The average molecular weight is 344 g/mol. The van der Waals surface area contributed by atoms with Crippen molar-refractivity contribution in [2.45, 2.75) is 45.6 Å². The summed E-state index contributed by atoms with van der Waals surface area (Å²) >= 11 is 0. The van der Waals surface area contributed by atoms with Crippen LogP contribution in [0.2, 0.25) is 0 Å². The minimum Gasteiger partial charge on any atom is -0.349 e. The lowest BCUT2D eigenvalue weighted by atomic mass is 9.84. The molecule has 1 amide bonds. The zero-order valence-corrected chi connectivity index (χ0v) is 14.8. The Morgan fingerprint density at radius 2 is 2.08 bits per heavy atom. The third kappa shape index (κ3) is 3.74. The first kappa shape index (κ1) is 17.6. The fraction of sp³-hybridized carbons (Fsp3) is 0.474. The number of nitrogens with two attached hydrogens (primary N) is 1. The van der Waals surface area contributed by atoms with Gasteiger partial charge in [0.1, 0.15) is 11.5 Å². The predicted octanol–water partition coefficient (Wildman–Crippen LogP) is 2.88. The molecule has 3 N–H and O–H groups in total. The first-order valence-electron chi connectivity index (χ1n) is 8.83. The van der Waals surface area contributed by atoms with Crippen molar-refractivity contribution in [3.63, 3.8) is 0 Å². The predicted molar refractivity (Wildman–Crippen MR) is 95.3 cm³/mol. The first-order chi connectivity index (χ1) is 12.0. The van der Waals surface area contributed by atoms with Gasteiger partial charge in [0.25, 0.3) is 5.91 Å². The van der Waals surface area contributed by atoms with Gasteiger partial charge in [-0.1, -0.05) is 12.8 Å². The van der Waals surface area contributed by atoms with Gasteiger partial charge in [-0.15, -0.1) is 0 Å². The molecular formula is C19H25FN4O. The number of carbonyl (C=O) groups is 1. The van der Waals surface area contributed by atoms with Crippen molar-refractivity contribution in [1.29, 1.82) is 0 Å². The Morgan fingerprint density at radius 3 is 2.72 bits per heavy atom. The lowest BCUT2D eigenvalue weighted by Crippen LogP contribution is -2.44. The number of hydrogen-bond acceptors (Lipinski definition) is 3. The Morgan fingerprint density at radius 1 is 1.32 bits per heavy atom. The van der Waals surface area contributed by atoms with Crippen LogP contribution in [0.5, 0.6) is 0 Å². The van der Waals surface area contributed by atoms with Crippen LogP contribution in [-0.4, -0.2) is 28.3 Å². The largest absolute Gasteiger partial charge is 0.349 e. The summed E-state index contributed by atoms with van der Waals surface area (Å²) in [5.41, 5.74) is 8.15. The van der Waals surface area contributed by atoms with Gasteiger partial charge in [0.15, 0.2) is 0 Å². The van der Waals surface area contributed by atoms with Gasteiger partial charge in [-0.05, 0) is 63.4 Å². The number of aromatic nitrogens is 2. The normalized spacial score (nSPS) is 20.5. The van der Waals surface area contributed by atoms with E-state index in [1.165, 1.54) is 6.07 Å². The van der Waals surface area contributed by atoms with E-state index in [0.29, 0.717) is 23.7 Å². The van der Waals surface area contributed by atoms with Gasteiger partial charge < -0.3 is 11.1 Å². The number of halogens is 1. The number of nitrogens with zero attached hydrogens (tertiary/aromatic N) is 2. The summed E-state index contributed by atoms with van der Waals surface area (Å²) in [6, 6.07) is 6.48. The molecule has 5 nitrogen and oxygen atoms in total. The van der Waals surface area contributed by atoms with Gasteiger partial charge in [0.2, 0.25) is 0 Å². The minimum atomic E-state index is -0.460. The van der Waals surface area contributed by atoms with E-state index in [0.717, 1.165) is 37.1 Å². The maximum atomic E-state index is 14.5. The van der Waals surface area contributed by atoms with E-state index in [-0.39, 0.29) is 11.9 Å². The molecule has 1 heterocycles. The summed E-state index contributed by atoms with van der Waals surface area (Å²) in [5, 5.41) is 7.32. The van der Waals surface area contributed by atoms with Gasteiger partial charge >= 0.3 is 0 Å². The molecule has 2 unspecified atom stereocenters. The molecule has 6 heteroatoms. The van der Waals surface area contributed by atoms with Crippen molar-refractivity contribution in [3.8, 4) is 5.69 Å². The molecule has 1 aliphatic carbocycles. The molecular weight excluding hydrogens is 319 g/mol. The van der Waals surface area contributed by atoms with Crippen molar-refractivity contribution in [2.75, 3.05) is 6.54 Å². The van der Waals surface area contributed by atoms with Crippen LogP contribution in [0.1, 0.15) is 47.4 Å². The van der Waals surface area contributed by atoms with Crippen molar-refractivity contribution in [2.24, 2.45) is 11.7 Å². The molecule has 0 saturated heterocycles. The summed E-state index contributed by atoms with van der Waals surface area (Å²) < 4.78 is 16.1. The second kappa shape index (κ2) is 7.35. The quantitative estimate of drug-likeness (QED) is 0.896. The monoisotopic (exact) mass is 344 g/mol. The molecule has 0 spiro atoms. The Bertz CT molecular complexity index is 771. The number of amides is 1. The van der Waals surface area contributed by atoms with Gasteiger partial charge in [0.05, 0.1) is 5.69 Å². The van der Waals surface area contributed by atoms with E-state index < -0.39 is 5.82 Å². The molecule has 1 aromatic carbocycles. The Labute approximate surface area is 147 Å². The first-order valence-corrected chi connectivity index (χ1v) is 8.83. The fourth-order valence-corrected chi connectivity index (χ4v) is 3.62. The standard InChI is InChI=1S/C19H25FN4O/c1-12-9-13(2)24(23-12)18-8-7-14(10-16(18)20)19(25)22-17-6-4-3-5-15(17)11-21/h7-10,15,17H,3-6,11,21H2,1-2H3,(H,22,25). The molecule has 1 saturated carbocycles. The van der Waals surface area contributed by atoms with Crippen LogP contribution < -0.4 is 11.1 Å². The number of hydrogen-bond donors (Lipinski definition) is 2. The van der Waals surface area contributed by atoms with Crippen LogP contribution in [0.25, 0.3) is 5.69 Å². The summed E-state index contributed by atoms with van der Waals surface area (Å²) in [7, 11) is 0. The molecule has 1 fully saturated rings. The molecule has 0 radical (unpaired) electrons. The summed E-state index contributed by atoms with van der Waals surface area (Å²) in [4.78, 5) is 12.5. The van der Waals surface area contributed by atoms with Gasteiger partial charge in [0, 0.05) is 17.3 Å². The second-order valence-electron chi connectivity index (χ2n) is 6.87. The molecule has 134 valence electrons. The maximum Gasteiger partial charge on any atom is 0.251 e. The highest BCUT2D eigenvalue weighted by molar-refractivity contribution is 5.94. The lowest BCUT2D eigenvalue weighted by Gasteiger charge is -2.31. The van der Waals surface area contributed by atoms with Crippen molar-refractivity contribution in [1.82, 2.24) is 15.1 Å². The van der Waals surface area contributed by atoms with E-state index in [1.807, 2.05) is 19.9 Å². The molecule has 25 heavy (non-hydrogen) atoms. The maximum absolute atomic E-state index is 14.5. The minimum absolute atomic E-state index is 0.0741. The molecule has 0 aliphatic heterocycles. The summed E-state index contributed by atoms with van der Waals surface area (Å²) in [6.07, 6.45) is 4.21. The van der Waals surface area contributed by atoms with Crippen LogP contribution in [0, 0.1) is 25.6 Å². The van der Waals surface area contributed by atoms with E-state index in [4.69, 9.17) is 5.73 Å². The molecule has 0 bridgehead atoms. The number of aryl methyl sites for hydroxylation is 2. The van der Waals surface area contributed by atoms with Crippen molar-refractivity contribution >= 4 is 5.91 Å². The summed E-state index contributed by atoms with van der Waals surface area (Å²) in [5.74, 6) is -0.404. The smallest absolute Gasteiger partial charge is 0.251 e. The fourth-order valence-electron chi connectivity index (χ4n) is 3.62. The third-order valence-electron chi connectivity index (χ3n) is 4.98. The van der Waals surface area contributed by atoms with Crippen LogP contribution in [0.15, 0.2) is 24.3 Å². The van der Waals surface area contributed by atoms with E-state index >= 15 is 0 Å². The number of rotatable bonds is 4. The highest BCUT2D eigenvalue weighted by Gasteiger charge is 2.26. The summed E-state index contributed by atoms with van der Waals surface area (Å²) in [6.45, 7) is 4.30. The highest BCUT2D eigenvalue weighted by atomic mass is 19.1. The van der Waals surface area contributed by atoms with E-state index in [2.05, 4.69) is 10.4 Å². The molecule has 2 atom stereocenters. The SMILES string of the molecule is Cc1cc(C)n(-c2ccc(C(=O)NC3CCCCC3CN)cc2F)n1. The number of carbonyl (C=O) groups excluding carboxylic acids is 1. The van der Waals surface area contributed by atoms with Crippen LogP contribution in [-0.2, 0) is 0 Å². The van der Waals surface area contributed by atoms with Gasteiger partial charge in [-0.3, -0.25) is 4.79 Å². The average Bonchev–Trinajstić information content (AvgIpc) is 2.93. The number of benzene rings is 1. The van der Waals surface area contributed by atoms with Crippen molar-refractivity contribution < 1.29 is 9.18 Å². The molecule has 3 rings (SSSR count). The van der Waals surface area contributed by atoms with E-state index in [1.54, 1.807) is 16.8 Å². The van der Waals surface area contributed by atoms with Crippen LogP contribution in [0.4, 0.5) is 4.39 Å². The molecule has 1 aliphatic rings. The highest BCUT2D eigenvalue weighted by Crippen LogP contribution is 2.24. The van der Waals surface area contributed by atoms with Gasteiger partial charge in [-0.2, -0.15) is 5.10 Å². The van der Waals surface area contributed by atoms with Crippen LogP contribution >= 0.6 is 0 Å². The lowest BCUT2D eigenvalue weighted by molar-refractivity contribution is 0.0907. The third-order valence-corrected chi connectivity index (χ3v) is 4.98. The van der Waals surface area contributed by atoms with Crippen molar-refractivity contribution in [3.05, 3.63) is 47.0 Å². The Balaban J connectivity index is 1.78. The molecule has 1 aromatic heterocycles. The molecule has 2 aromatic rings. The van der Waals surface area contributed by atoms with Crippen LogP contribution in [0.3, 0.4) is 0 Å².